The van der Waals surface area contributed by atoms with Crippen LogP contribution in [-0.4, -0.2) is 338 Å². The number of carboxylic acids is 2. The highest BCUT2D eigenvalue weighted by Crippen LogP contribution is 2.37. The van der Waals surface area contributed by atoms with Gasteiger partial charge in [0.15, 0.2) is 43.7 Å². The maximum atomic E-state index is 13.0. The Morgan fingerprint density at radius 3 is 1.32 bits per heavy atom. The van der Waals surface area contributed by atoms with Crippen molar-refractivity contribution in [3.8, 4) is 0 Å². The van der Waals surface area contributed by atoms with Crippen LogP contribution in [0.1, 0.15) is 6.42 Å². The largest absolute Gasteiger partial charge is 0.481 e. The summed E-state index contributed by atoms with van der Waals surface area (Å²) in [7, 11) is -45.7. The van der Waals surface area contributed by atoms with Crippen molar-refractivity contribution in [3.05, 3.63) is 0 Å². The molecule has 92 heavy (non-hydrogen) atoms. The van der Waals surface area contributed by atoms with Gasteiger partial charge in [-0.1, -0.05) is 0 Å². The van der Waals surface area contributed by atoms with Crippen molar-refractivity contribution >= 4 is 94.8 Å². The average Bonchev–Trinajstić information content (AvgIpc) is 0.779. The maximum Gasteiger partial charge on any atom is 0.397 e. The first-order chi connectivity index (χ1) is 41.7. The third kappa shape index (κ3) is 25.9. The normalized spacial score (nSPS) is 34.4. The lowest BCUT2D eigenvalue weighted by Gasteiger charge is -2.49. The van der Waals surface area contributed by atoms with E-state index in [1.54, 1.807) is 0 Å². The molecule has 0 aromatic heterocycles. The lowest BCUT2D eigenvalue weighted by Crippen LogP contribution is -2.70. The number of ether oxygens (including phenoxy) is 10. The van der Waals surface area contributed by atoms with Crippen LogP contribution in [0, 0.1) is 0 Å². The van der Waals surface area contributed by atoms with Crippen molar-refractivity contribution in [2.45, 2.75) is 148 Å². The number of carboxylic acid groups (broad SMARTS) is 2. The number of carbonyl (C=O) groups is 2. The minimum atomic E-state index is -6.32. The summed E-state index contributed by atoms with van der Waals surface area (Å²) in [5.74, 6) is -4.53. The average molecular weight is 1520 g/mol. The monoisotopic (exact) mass is 1520 g/mol. The second-order valence-corrected chi connectivity index (χ2v) is 27.5. The second-order valence-electron chi connectivity index (χ2n) is 18.6. The molecule has 19 N–H and O–H groups in total. The Kier molecular flexibility index (Phi) is 28.7. The lowest BCUT2D eigenvalue weighted by atomic mass is 9.95. The molecule has 0 unspecified atom stereocenters. The molecular formula is C32H57N3O49S8. The Morgan fingerprint density at radius 1 is 0.446 bits per heavy atom. The molecule has 0 bridgehead atoms. The summed E-state index contributed by atoms with van der Waals surface area (Å²) in [6.45, 7) is -8.42. The SMILES string of the molecule is CO[C@H]1O[C@H](COS(=O)(=O)O)[C@@H](O[C@@H]2O[C@@H](C(=O)O)[C@@H](O[C@H]3O[C@H](COS(=O)(=O)O)[C@@H](O[C@@H](CO)O[C@H](CC(=O)O)[C@H](CO)O[C@H]4O[C@H](COS(=O)(=O)O)[C@@H](O)[C@H](O)[C@H]4NS(=O)(=O)O)[C@H](OS(=O)(=O)O)[C@H]3NS(=O)(=O)O)[C@H](O)[C@H]2OS(=O)(=O)O)[C@H](O)[C@H]1NS(=O)(=O)O. The van der Waals surface area contributed by atoms with Gasteiger partial charge >= 0.3 is 94.8 Å². The Hall–Kier alpha value is -2.74. The van der Waals surface area contributed by atoms with E-state index in [0.29, 0.717) is 0 Å². The lowest BCUT2D eigenvalue weighted by molar-refractivity contribution is -0.362. The first kappa shape index (κ1) is 81.7. The molecule has 4 fully saturated rings. The highest BCUT2D eigenvalue weighted by Gasteiger charge is 2.60. The van der Waals surface area contributed by atoms with Crippen LogP contribution in [0.5, 0.6) is 0 Å². The van der Waals surface area contributed by atoms with Crippen molar-refractivity contribution < 1.29 is 222 Å². The standard InChI is InChI=1S/C32H57N3O49S8/c1-70-29-16(34-86(49,50)51)20(42)22(11(77-29)6-72-89(58,59)60)80-32-26(84-92(67,68)69)21(43)25(27(82-32)28(44)45)81-31-17(35-87(52,53)54)24(83-91(64,65)66)23(12(78-31)7-73-90(61,62)63)79-14(4-37)74-8(2-13(38)39)9(3-36)75-30-15(33-85(46,47)48)19(41)18(40)10(76-30)5-71-88(55,56)57/h8-12,14-27,29-37,40-43H,2-7H2,1H3,(H,38,39)(H,44,45)(H,46,47,48)(H,49,50,51)(H,52,53,54)(H,55,56,57)(H,58,59,60)(H,61,62,63)(H,64,65,66)(H,67,68,69)/t8-,9+,10-,11-,12-,14+,15-,16-,17-,18-,19-,20-,21+,22-,23-,24-,25+,26-,27-,29+,30+,31-,32-/m1/s1. The number of rotatable bonds is 36. The van der Waals surface area contributed by atoms with Crippen molar-refractivity contribution in [3.63, 3.8) is 0 Å². The minimum Gasteiger partial charge on any atom is -0.481 e. The van der Waals surface area contributed by atoms with Gasteiger partial charge in [0.05, 0.1) is 45.6 Å². The van der Waals surface area contributed by atoms with Gasteiger partial charge < -0.3 is 88.2 Å². The highest BCUT2D eigenvalue weighted by atomic mass is 32.3. The molecule has 60 heteroatoms. The number of aliphatic hydroxyl groups excluding tert-OH is 6. The van der Waals surface area contributed by atoms with Gasteiger partial charge in [0.1, 0.15) is 91.4 Å². The molecule has 0 amide bonds. The van der Waals surface area contributed by atoms with Gasteiger partial charge in [0.2, 0.25) is 0 Å². The van der Waals surface area contributed by atoms with Crippen molar-refractivity contribution in [1.82, 2.24) is 14.2 Å². The van der Waals surface area contributed by atoms with E-state index in [9.17, 15) is 150 Å². The third-order valence-electron chi connectivity index (χ3n) is 12.1. The summed E-state index contributed by atoms with van der Waals surface area (Å²) in [6.07, 6.45) is -57.4. The number of methoxy groups -OCH3 is 1. The predicted octanol–water partition coefficient (Wildman–Crippen LogP) is -13.1. The first-order valence-corrected chi connectivity index (χ1v) is 35.1. The molecule has 23 atom stereocenters. The Labute approximate surface area is 517 Å². The van der Waals surface area contributed by atoms with E-state index in [2.05, 4.69) is 20.9 Å². The topological polar surface area (TPSA) is 805 Å². The molecule has 52 nitrogen and oxygen atoms in total. The zero-order chi connectivity index (χ0) is 70.4. The van der Waals surface area contributed by atoms with Crippen LogP contribution >= 0.6 is 0 Å². The van der Waals surface area contributed by atoms with Crippen LogP contribution in [0.4, 0.5) is 0 Å². The Balaban J connectivity index is 1.87. The molecule has 4 rings (SSSR count). The van der Waals surface area contributed by atoms with Crippen LogP contribution in [-0.2, 0) is 161 Å². The number of aliphatic carboxylic acids is 2. The van der Waals surface area contributed by atoms with Gasteiger partial charge in [-0.2, -0.15) is 81.5 Å². The fourth-order valence-electron chi connectivity index (χ4n) is 8.72. The van der Waals surface area contributed by atoms with E-state index in [4.69, 9.17) is 51.9 Å². The number of aliphatic hydroxyl groups is 6. The molecule has 0 saturated carbocycles. The fourth-order valence-corrected chi connectivity index (χ4v) is 12.4. The molecule has 0 aromatic carbocycles. The van der Waals surface area contributed by atoms with Crippen LogP contribution in [0.25, 0.3) is 0 Å². The Bertz CT molecular complexity index is 3430. The summed E-state index contributed by atoms with van der Waals surface area (Å²) in [5, 5.41) is 85.7. The van der Waals surface area contributed by atoms with E-state index >= 15 is 0 Å². The van der Waals surface area contributed by atoms with E-state index in [1.165, 1.54) is 9.44 Å². The molecule has 4 heterocycles. The Morgan fingerprint density at radius 2 is 0.880 bits per heavy atom. The van der Waals surface area contributed by atoms with E-state index in [0.717, 1.165) is 11.8 Å². The summed E-state index contributed by atoms with van der Waals surface area (Å²) in [4.78, 5) is 25.3. The van der Waals surface area contributed by atoms with Gasteiger partial charge in [0, 0.05) is 7.11 Å². The molecule has 4 aliphatic rings. The van der Waals surface area contributed by atoms with E-state index < -0.39 is 275 Å². The number of nitrogens with one attached hydrogen (secondary N) is 3. The maximum absolute atomic E-state index is 13.0. The number of hydrogen-bond acceptors (Lipinski definition) is 39. The molecule has 0 radical (unpaired) electrons. The smallest absolute Gasteiger partial charge is 0.397 e. The summed E-state index contributed by atoms with van der Waals surface area (Å²) in [5.41, 5.74) is 0. The molecule has 0 aliphatic carbocycles. The zero-order valence-corrected chi connectivity index (χ0v) is 51.4. The van der Waals surface area contributed by atoms with Crippen LogP contribution in [0.2, 0.25) is 0 Å². The molecular weight excluding hydrogens is 1470 g/mol. The van der Waals surface area contributed by atoms with Gasteiger partial charge in [0.25, 0.3) is 0 Å². The summed E-state index contributed by atoms with van der Waals surface area (Å²) in [6, 6.07) is -8.05. The van der Waals surface area contributed by atoms with Gasteiger partial charge in [-0.05, 0) is 0 Å². The molecule has 0 aromatic rings. The van der Waals surface area contributed by atoms with Gasteiger partial charge in [-0.25, -0.2) is 25.7 Å². The second kappa shape index (κ2) is 32.3. The van der Waals surface area contributed by atoms with Gasteiger partial charge in [-0.3, -0.25) is 41.2 Å². The minimum absolute atomic E-state index is 0.738. The van der Waals surface area contributed by atoms with Crippen molar-refractivity contribution in [1.29, 1.82) is 0 Å². The highest BCUT2D eigenvalue weighted by molar-refractivity contribution is 7.84. The van der Waals surface area contributed by atoms with Crippen LogP contribution in [0.3, 0.4) is 0 Å². The third-order valence-corrected chi connectivity index (χ3v) is 16.1. The molecule has 542 valence electrons. The van der Waals surface area contributed by atoms with Gasteiger partial charge in [-0.15, -0.1) is 0 Å². The summed E-state index contributed by atoms with van der Waals surface area (Å²) >= 11 is 0. The number of hydrogen-bond donors (Lipinski definition) is 19. The molecule has 4 aliphatic heterocycles. The van der Waals surface area contributed by atoms with Crippen molar-refractivity contribution in [2.75, 3.05) is 40.1 Å². The quantitative estimate of drug-likeness (QED) is 0.0205. The predicted molar refractivity (Wildman–Crippen MR) is 269 cm³/mol. The molecule has 0 spiro atoms. The zero-order valence-electron chi connectivity index (χ0n) is 44.9. The fraction of sp³-hybridized carbons (Fsp3) is 0.938. The van der Waals surface area contributed by atoms with E-state index in [-0.39, 0.29) is 0 Å². The molecule has 4 saturated heterocycles. The van der Waals surface area contributed by atoms with Crippen LogP contribution in [0.15, 0.2) is 0 Å². The van der Waals surface area contributed by atoms with Crippen LogP contribution < -0.4 is 14.2 Å². The van der Waals surface area contributed by atoms with E-state index in [1.807, 2.05) is 0 Å². The first-order valence-electron chi connectivity index (χ1n) is 23.9. The summed E-state index contributed by atoms with van der Waals surface area (Å²) < 4.78 is 348. The van der Waals surface area contributed by atoms with Crippen molar-refractivity contribution in [2.24, 2.45) is 0 Å².